The first-order valence-corrected chi connectivity index (χ1v) is 9.16. The molecule has 1 aromatic carbocycles. The van der Waals surface area contributed by atoms with Gasteiger partial charge < -0.3 is 4.90 Å². The molecule has 2 aromatic rings. The van der Waals surface area contributed by atoms with Crippen LogP contribution in [0.15, 0.2) is 36.7 Å². The number of nitrogens with one attached hydrogen (secondary N) is 1. The third kappa shape index (κ3) is 3.23. The van der Waals surface area contributed by atoms with Crippen LogP contribution in [0.25, 0.3) is 11.3 Å². The van der Waals surface area contributed by atoms with E-state index in [2.05, 4.69) is 67.2 Å². The van der Waals surface area contributed by atoms with Gasteiger partial charge in [0.25, 0.3) is 0 Å². The second-order valence-electron chi connectivity index (χ2n) is 6.59. The molecule has 1 aromatic heterocycles. The van der Waals surface area contributed by atoms with Gasteiger partial charge in [0, 0.05) is 30.3 Å². The number of carbonyl (C=O) groups excluding carboxylic acids is 1. The van der Waals surface area contributed by atoms with Crippen LogP contribution in [0.1, 0.15) is 38.9 Å². The largest absolute Gasteiger partial charge is 0.372 e. The van der Waals surface area contributed by atoms with Crippen LogP contribution >= 0.6 is 0 Å². The molecule has 2 heterocycles. The van der Waals surface area contributed by atoms with E-state index in [1.165, 1.54) is 5.69 Å². The molecule has 3 rings (SSSR count). The van der Waals surface area contributed by atoms with Crippen molar-refractivity contribution in [2.24, 2.45) is 5.92 Å². The van der Waals surface area contributed by atoms with Crippen molar-refractivity contribution in [2.45, 2.75) is 40.2 Å². The van der Waals surface area contributed by atoms with Gasteiger partial charge in [-0.15, -0.1) is 0 Å². The number of fused-ring (bicyclic) bond motifs is 1. The quantitative estimate of drug-likeness (QED) is 0.820. The first-order chi connectivity index (χ1) is 12.1. The highest BCUT2D eigenvalue weighted by Crippen LogP contribution is 2.23. The van der Waals surface area contributed by atoms with Crippen LogP contribution in [0, 0.1) is 5.92 Å². The molecule has 25 heavy (non-hydrogen) atoms. The molecule has 0 saturated heterocycles. The van der Waals surface area contributed by atoms with E-state index in [1.807, 2.05) is 6.20 Å². The summed E-state index contributed by atoms with van der Waals surface area (Å²) >= 11 is 0. The Morgan fingerprint density at radius 3 is 2.48 bits per heavy atom. The van der Waals surface area contributed by atoms with Crippen LogP contribution in [-0.2, 0) is 0 Å². The second-order valence-corrected chi connectivity index (χ2v) is 6.59. The summed E-state index contributed by atoms with van der Waals surface area (Å²) in [6, 6.07) is 8.21. The van der Waals surface area contributed by atoms with Gasteiger partial charge in [0.1, 0.15) is 18.1 Å². The van der Waals surface area contributed by atoms with Crippen molar-refractivity contribution < 1.29 is 9.36 Å². The van der Waals surface area contributed by atoms with Gasteiger partial charge in [-0.3, -0.25) is 5.32 Å². The van der Waals surface area contributed by atoms with E-state index in [0.29, 0.717) is 5.92 Å². The van der Waals surface area contributed by atoms with Crippen LogP contribution in [0.4, 0.5) is 11.5 Å². The molecule has 0 radical (unpaired) electrons. The van der Waals surface area contributed by atoms with Crippen LogP contribution in [0.5, 0.6) is 0 Å². The zero-order valence-electron chi connectivity index (χ0n) is 15.5. The Bertz CT molecular complexity index is 753. The summed E-state index contributed by atoms with van der Waals surface area (Å²) in [5, 5.41) is 3.30. The third-order valence-corrected chi connectivity index (χ3v) is 5.15. The maximum absolute atomic E-state index is 12.7. The maximum atomic E-state index is 12.7. The topological polar surface area (TPSA) is 49.1 Å². The second kappa shape index (κ2) is 7.21. The summed E-state index contributed by atoms with van der Waals surface area (Å²) in [7, 11) is 0. The molecule has 2 unspecified atom stereocenters. The van der Waals surface area contributed by atoms with E-state index in [9.17, 15) is 4.79 Å². The number of carbonyl (C=O) groups is 1. The molecule has 0 bridgehead atoms. The van der Waals surface area contributed by atoms with E-state index in [4.69, 9.17) is 0 Å². The molecule has 5 nitrogen and oxygen atoms in total. The lowest BCUT2D eigenvalue weighted by Gasteiger charge is -2.21. The Labute approximate surface area is 149 Å². The summed E-state index contributed by atoms with van der Waals surface area (Å²) < 4.78 is 1.71. The SMILES string of the molecule is CCC(C)C1Nc2cnc(-c3ccc(N(CC)CC)cc3)c[n+]2C1=O. The molecule has 0 saturated carbocycles. The van der Waals surface area contributed by atoms with E-state index in [0.717, 1.165) is 36.6 Å². The van der Waals surface area contributed by atoms with Crippen LogP contribution in [0.2, 0.25) is 0 Å². The highest BCUT2D eigenvalue weighted by Gasteiger charge is 2.41. The normalized spacial score (nSPS) is 17.1. The first kappa shape index (κ1) is 17.4. The van der Waals surface area contributed by atoms with Crippen LogP contribution < -0.4 is 14.8 Å². The van der Waals surface area contributed by atoms with Crippen molar-refractivity contribution in [3.8, 4) is 11.3 Å². The van der Waals surface area contributed by atoms with Gasteiger partial charge >= 0.3 is 11.7 Å². The number of hydrogen-bond acceptors (Lipinski definition) is 4. The Hall–Kier alpha value is -2.43. The molecule has 0 amide bonds. The molecule has 1 N–H and O–H groups in total. The van der Waals surface area contributed by atoms with Crippen molar-refractivity contribution in [3.05, 3.63) is 36.7 Å². The zero-order chi connectivity index (χ0) is 18.0. The minimum Gasteiger partial charge on any atom is -0.372 e. The van der Waals surface area contributed by atoms with E-state index < -0.39 is 0 Å². The molecule has 0 aliphatic carbocycles. The maximum Gasteiger partial charge on any atom is 0.359 e. The minimum absolute atomic E-state index is 0.104. The van der Waals surface area contributed by atoms with Crippen molar-refractivity contribution in [1.29, 1.82) is 0 Å². The van der Waals surface area contributed by atoms with Gasteiger partial charge in [0.05, 0.1) is 0 Å². The average Bonchev–Trinajstić information content (AvgIpc) is 2.99. The Kier molecular flexibility index (Phi) is 5.02. The van der Waals surface area contributed by atoms with Crippen LogP contribution in [0.3, 0.4) is 0 Å². The third-order valence-electron chi connectivity index (χ3n) is 5.15. The summed E-state index contributed by atoms with van der Waals surface area (Å²) in [4.78, 5) is 19.5. The lowest BCUT2D eigenvalue weighted by Crippen LogP contribution is -2.45. The summed E-state index contributed by atoms with van der Waals surface area (Å²) in [5.41, 5.74) is 3.04. The van der Waals surface area contributed by atoms with Gasteiger partial charge in [-0.25, -0.2) is 9.78 Å². The van der Waals surface area contributed by atoms with Gasteiger partial charge in [-0.05, 0) is 32.4 Å². The lowest BCUT2D eigenvalue weighted by molar-refractivity contribution is -0.552. The first-order valence-electron chi connectivity index (χ1n) is 9.16. The fourth-order valence-electron chi connectivity index (χ4n) is 3.28. The highest BCUT2D eigenvalue weighted by atomic mass is 16.2. The number of aromatic nitrogens is 2. The summed E-state index contributed by atoms with van der Waals surface area (Å²) in [5.74, 6) is 1.18. The smallest absolute Gasteiger partial charge is 0.359 e. The highest BCUT2D eigenvalue weighted by molar-refractivity contribution is 5.81. The monoisotopic (exact) mass is 339 g/mol. The van der Waals surface area contributed by atoms with Gasteiger partial charge in [-0.1, -0.05) is 26.0 Å². The van der Waals surface area contributed by atoms with E-state index in [1.54, 1.807) is 10.8 Å². The van der Waals surface area contributed by atoms with Crippen molar-refractivity contribution in [3.63, 3.8) is 0 Å². The standard InChI is InChI=1S/C20H26N4O/c1-5-14(4)19-20(25)24-13-17(21-12-18(24)22-19)15-8-10-16(11-9-15)23(6-2)7-3/h8-14,19H,5-7H2,1-4H3/p+1. The van der Waals surface area contributed by atoms with E-state index in [-0.39, 0.29) is 11.9 Å². The van der Waals surface area contributed by atoms with Gasteiger partial charge in [-0.2, -0.15) is 4.57 Å². The molecule has 0 fully saturated rings. The van der Waals surface area contributed by atoms with Crippen molar-refractivity contribution in [2.75, 3.05) is 23.3 Å². The molecular weight excluding hydrogens is 312 g/mol. The Morgan fingerprint density at radius 1 is 1.20 bits per heavy atom. The van der Waals surface area contributed by atoms with Crippen molar-refractivity contribution >= 4 is 17.4 Å². The molecule has 1 aliphatic heterocycles. The van der Waals surface area contributed by atoms with E-state index >= 15 is 0 Å². The molecule has 2 atom stereocenters. The fraction of sp³-hybridized carbons (Fsp3) is 0.450. The number of anilines is 2. The van der Waals surface area contributed by atoms with Crippen molar-refractivity contribution in [1.82, 2.24) is 4.98 Å². The Balaban J connectivity index is 1.87. The molecule has 1 aliphatic rings. The van der Waals surface area contributed by atoms with Gasteiger partial charge in [0.15, 0.2) is 6.04 Å². The molecule has 5 heteroatoms. The average molecular weight is 339 g/mol. The fourth-order valence-corrected chi connectivity index (χ4v) is 3.28. The number of nitrogens with zero attached hydrogens (tertiary/aromatic N) is 3. The molecular formula is C20H27N4O+. The predicted molar refractivity (Wildman–Crippen MR) is 101 cm³/mol. The number of rotatable bonds is 6. The summed E-state index contributed by atoms with van der Waals surface area (Å²) in [6.07, 6.45) is 4.57. The zero-order valence-corrected chi connectivity index (χ0v) is 15.5. The minimum atomic E-state index is -0.160. The number of benzene rings is 1. The molecule has 132 valence electrons. The molecule has 0 spiro atoms. The van der Waals surface area contributed by atoms with Gasteiger partial charge in [0.2, 0.25) is 0 Å². The van der Waals surface area contributed by atoms with Crippen LogP contribution in [-0.4, -0.2) is 30.0 Å². The number of hydrogen-bond donors (Lipinski definition) is 1. The predicted octanol–water partition coefficient (Wildman–Crippen LogP) is 3.36. The Morgan fingerprint density at radius 2 is 1.88 bits per heavy atom. The lowest BCUT2D eigenvalue weighted by atomic mass is 9.99. The summed E-state index contributed by atoms with van der Waals surface area (Å²) in [6.45, 7) is 10.5.